The van der Waals surface area contributed by atoms with Gasteiger partial charge in [0.25, 0.3) is 5.91 Å². The first kappa shape index (κ1) is 17.5. The van der Waals surface area contributed by atoms with E-state index in [4.69, 9.17) is 0 Å². The zero-order chi connectivity index (χ0) is 18.9. The smallest absolute Gasteiger partial charge is 0.319 e. The Labute approximate surface area is 159 Å². The van der Waals surface area contributed by atoms with Crippen LogP contribution in [-0.4, -0.2) is 41.5 Å². The van der Waals surface area contributed by atoms with E-state index in [9.17, 15) is 9.59 Å². The van der Waals surface area contributed by atoms with E-state index in [1.54, 1.807) is 6.92 Å². The van der Waals surface area contributed by atoms with Gasteiger partial charge in [0.05, 0.1) is 6.67 Å². The molecular formula is C22H23N3O2. The molecule has 0 saturated carbocycles. The van der Waals surface area contributed by atoms with Gasteiger partial charge in [0.2, 0.25) is 0 Å². The summed E-state index contributed by atoms with van der Waals surface area (Å²) in [6.07, 6.45) is 3.09. The molecular weight excluding hydrogens is 338 g/mol. The molecule has 0 spiro atoms. The van der Waals surface area contributed by atoms with E-state index in [2.05, 4.69) is 28.4 Å². The van der Waals surface area contributed by atoms with Gasteiger partial charge in [0.15, 0.2) is 0 Å². The molecule has 1 unspecified atom stereocenters. The van der Waals surface area contributed by atoms with E-state index < -0.39 is 5.54 Å². The lowest BCUT2D eigenvalue weighted by atomic mass is 9.92. The van der Waals surface area contributed by atoms with Crippen molar-refractivity contribution in [3.63, 3.8) is 0 Å². The van der Waals surface area contributed by atoms with Gasteiger partial charge in [-0.05, 0) is 30.0 Å². The average molecular weight is 361 g/mol. The van der Waals surface area contributed by atoms with E-state index >= 15 is 0 Å². The zero-order valence-corrected chi connectivity index (χ0v) is 15.4. The van der Waals surface area contributed by atoms with Crippen molar-refractivity contribution in [2.24, 2.45) is 0 Å². The molecule has 4 rings (SSSR count). The minimum Gasteiger partial charge on any atom is -0.319 e. The van der Waals surface area contributed by atoms with Gasteiger partial charge >= 0.3 is 6.03 Å². The molecule has 1 atom stereocenters. The summed E-state index contributed by atoms with van der Waals surface area (Å²) in [5, 5.41) is 2.87. The van der Waals surface area contributed by atoms with Crippen molar-refractivity contribution < 1.29 is 9.59 Å². The minimum atomic E-state index is -1.00. The zero-order valence-electron chi connectivity index (χ0n) is 15.4. The second-order valence-corrected chi connectivity index (χ2v) is 7.22. The Morgan fingerprint density at radius 3 is 2.30 bits per heavy atom. The van der Waals surface area contributed by atoms with Gasteiger partial charge in [0.1, 0.15) is 5.54 Å². The van der Waals surface area contributed by atoms with Crippen LogP contribution in [0.1, 0.15) is 24.5 Å². The fourth-order valence-corrected chi connectivity index (χ4v) is 3.75. The molecule has 1 fully saturated rings. The first-order chi connectivity index (χ1) is 13.1. The summed E-state index contributed by atoms with van der Waals surface area (Å²) in [6, 6.07) is 19.4. The summed E-state index contributed by atoms with van der Waals surface area (Å²) in [6.45, 7) is 3.63. The topological polar surface area (TPSA) is 52.7 Å². The third kappa shape index (κ3) is 3.26. The highest BCUT2D eigenvalue weighted by Crippen LogP contribution is 2.29. The predicted molar refractivity (Wildman–Crippen MR) is 105 cm³/mol. The average Bonchev–Trinajstić information content (AvgIpc) is 2.94. The van der Waals surface area contributed by atoms with Gasteiger partial charge in [-0.2, -0.15) is 0 Å². The van der Waals surface area contributed by atoms with E-state index in [0.29, 0.717) is 6.67 Å². The van der Waals surface area contributed by atoms with Crippen LogP contribution in [0.2, 0.25) is 0 Å². The molecule has 138 valence electrons. The molecule has 5 nitrogen and oxygen atoms in total. The third-order valence-corrected chi connectivity index (χ3v) is 5.41. The van der Waals surface area contributed by atoms with Gasteiger partial charge in [0, 0.05) is 13.1 Å². The number of hydrogen-bond acceptors (Lipinski definition) is 3. The number of carbonyl (C=O) groups is 2. The molecule has 1 saturated heterocycles. The highest BCUT2D eigenvalue weighted by molar-refractivity contribution is 6.07. The molecule has 2 aromatic carbocycles. The predicted octanol–water partition coefficient (Wildman–Crippen LogP) is 3.20. The van der Waals surface area contributed by atoms with Gasteiger partial charge in [-0.3, -0.25) is 9.69 Å². The van der Waals surface area contributed by atoms with Crippen molar-refractivity contribution in [3.05, 3.63) is 77.9 Å². The van der Waals surface area contributed by atoms with Gasteiger partial charge in [-0.15, -0.1) is 0 Å². The second kappa shape index (κ2) is 7.00. The van der Waals surface area contributed by atoms with Crippen LogP contribution in [0.4, 0.5) is 4.79 Å². The summed E-state index contributed by atoms with van der Waals surface area (Å²) in [7, 11) is 0. The van der Waals surface area contributed by atoms with E-state index in [1.807, 2.05) is 48.5 Å². The Morgan fingerprint density at radius 2 is 1.67 bits per heavy atom. The van der Waals surface area contributed by atoms with Gasteiger partial charge < -0.3 is 5.32 Å². The SMILES string of the molecule is CC1(c2ccccc2)NC(=O)N(CN2CC=C(c3ccccc3)CC2)C1=O. The first-order valence-electron chi connectivity index (χ1n) is 9.24. The lowest BCUT2D eigenvalue weighted by molar-refractivity contribution is -0.132. The molecule has 0 radical (unpaired) electrons. The Morgan fingerprint density at radius 1 is 1.00 bits per heavy atom. The summed E-state index contributed by atoms with van der Waals surface area (Å²) in [5.41, 5.74) is 2.36. The third-order valence-electron chi connectivity index (χ3n) is 5.41. The molecule has 2 aliphatic rings. The summed E-state index contributed by atoms with van der Waals surface area (Å²) in [5.74, 6) is -0.198. The first-order valence-corrected chi connectivity index (χ1v) is 9.24. The van der Waals surface area contributed by atoms with Crippen LogP contribution in [0.15, 0.2) is 66.7 Å². The lowest BCUT2D eigenvalue weighted by Crippen LogP contribution is -2.44. The summed E-state index contributed by atoms with van der Waals surface area (Å²) < 4.78 is 0. The maximum absolute atomic E-state index is 13.0. The van der Waals surface area contributed by atoms with Crippen LogP contribution < -0.4 is 5.32 Å². The highest BCUT2D eigenvalue weighted by Gasteiger charge is 2.49. The number of nitrogens with one attached hydrogen (secondary N) is 1. The van der Waals surface area contributed by atoms with Crippen LogP contribution in [0.5, 0.6) is 0 Å². The van der Waals surface area contributed by atoms with Gasteiger partial charge in [-0.25, -0.2) is 9.69 Å². The molecule has 1 N–H and O–H groups in total. The summed E-state index contributed by atoms with van der Waals surface area (Å²) in [4.78, 5) is 28.9. The van der Waals surface area contributed by atoms with Crippen molar-refractivity contribution >= 4 is 17.5 Å². The molecule has 2 aliphatic heterocycles. The largest absolute Gasteiger partial charge is 0.326 e. The molecule has 2 heterocycles. The van der Waals surface area contributed by atoms with Crippen molar-refractivity contribution in [1.82, 2.24) is 15.1 Å². The number of carbonyl (C=O) groups excluding carboxylic acids is 2. The quantitative estimate of drug-likeness (QED) is 0.851. The van der Waals surface area contributed by atoms with E-state index in [-0.39, 0.29) is 11.9 Å². The molecule has 0 bridgehead atoms. The molecule has 3 amide bonds. The molecule has 2 aromatic rings. The van der Waals surface area contributed by atoms with Crippen LogP contribution in [-0.2, 0) is 10.3 Å². The number of rotatable bonds is 4. The fourth-order valence-electron chi connectivity index (χ4n) is 3.75. The number of nitrogens with zero attached hydrogens (tertiary/aromatic N) is 2. The number of imide groups is 1. The molecule has 5 heteroatoms. The lowest BCUT2D eigenvalue weighted by Gasteiger charge is -2.29. The monoisotopic (exact) mass is 361 g/mol. The molecule has 0 aliphatic carbocycles. The fraction of sp³-hybridized carbons (Fsp3) is 0.273. The Balaban J connectivity index is 1.45. The van der Waals surface area contributed by atoms with Gasteiger partial charge in [-0.1, -0.05) is 66.7 Å². The standard InChI is InChI=1S/C22H23N3O2/c1-22(19-10-6-3-7-11-19)20(26)25(21(27)23-22)16-24-14-12-18(13-15-24)17-8-4-2-5-9-17/h2-12H,13-16H2,1H3,(H,23,27). The highest BCUT2D eigenvalue weighted by atomic mass is 16.2. The minimum absolute atomic E-state index is 0.198. The van der Waals surface area contributed by atoms with Crippen molar-refractivity contribution in [2.45, 2.75) is 18.9 Å². The molecule has 27 heavy (non-hydrogen) atoms. The normalized spacial score (nSPS) is 23.3. The Bertz CT molecular complexity index is 879. The maximum Gasteiger partial charge on any atom is 0.326 e. The van der Waals surface area contributed by atoms with Crippen LogP contribution >= 0.6 is 0 Å². The number of hydrogen-bond donors (Lipinski definition) is 1. The van der Waals surface area contributed by atoms with E-state index in [0.717, 1.165) is 25.1 Å². The Kier molecular flexibility index (Phi) is 4.54. The maximum atomic E-state index is 13.0. The van der Waals surface area contributed by atoms with Crippen molar-refractivity contribution in [2.75, 3.05) is 19.8 Å². The Hall–Kier alpha value is -2.92. The van der Waals surface area contributed by atoms with Crippen LogP contribution in [0.25, 0.3) is 5.57 Å². The second-order valence-electron chi connectivity index (χ2n) is 7.22. The van der Waals surface area contributed by atoms with E-state index in [1.165, 1.54) is 16.0 Å². The van der Waals surface area contributed by atoms with Crippen molar-refractivity contribution in [3.8, 4) is 0 Å². The number of benzene rings is 2. The van der Waals surface area contributed by atoms with Crippen LogP contribution in [0.3, 0.4) is 0 Å². The number of amides is 3. The van der Waals surface area contributed by atoms with Crippen LogP contribution in [0, 0.1) is 0 Å². The number of urea groups is 1. The summed E-state index contributed by atoms with van der Waals surface area (Å²) >= 11 is 0. The van der Waals surface area contributed by atoms with Crippen molar-refractivity contribution in [1.29, 1.82) is 0 Å². The molecule has 0 aromatic heterocycles.